The zero-order valence-electron chi connectivity index (χ0n) is 11.1. The molecule has 4 N–H and O–H groups in total. The summed E-state index contributed by atoms with van der Waals surface area (Å²) in [5.74, 6) is -0.745. The smallest absolute Gasteiger partial charge is 0.303 e. The molecule has 6 nitrogen and oxygen atoms in total. The zero-order chi connectivity index (χ0) is 14.3. The van der Waals surface area contributed by atoms with Gasteiger partial charge >= 0.3 is 5.97 Å². The predicted octanol–water partition coefficient (Wildman–Crippen LogP) is 0.244. The normalized spacial score (nSPS) is 12.4. The van der Waals surface area contributed by atoms with Crippen molar-refractivity contribution < 1.29 is 30.0 Å². The van der Waals surface area contributed by atoms with Crippen LogP contribution >= 0.6 is 0 Å². The molecule has 0 saturated heterocycles. The van der Waals surface area contributed by atoms with Gasteiger partial charge in [-0.15, -0.1) is 0 Å². The fraction of sp³-hybridized carbons (Fsp3) is 0.909. The summed E-state index contributed by atoms with van der Waals surface area (Å²) in [5.41, 5.74) is 0. The molecule has 0 radical (unpaired) electrons. The molecule has 2 unspecified atom stereocenters. The fourth-order valence-electron chi connectivity index (χ4n) is 0.288. The lowest BCUT2D eigenvalue weighted by molar-refractivity contribution is -0.136. The van der Waals surface area contributed by atoms with Gasteiger partial charge in [0.1, 0.15) is 0 Å². The Kier molecular flexibility index (Phi) is 22.5. The highest BCUT2D eigenvalue weighted by atomic mass is 16.5. The molecule has 0 rings (SSSR count). The Morgan fingerprint density at radius 1 is 1.18 bits per heavy atom. The minimum absolute atomic E-state index is 0.139. The van der Waals surface area contributed by atoms with E-state index in [-0.39, 0.29) is 19.1 Å². The van der Waals surface area contributed by atoms with Gasteiger partial charge in [0.05, 0.1) is 25.4 Å². The van der Waals surface area contributed by atoms with E-state index in [0.717, 1.165) is 0 Å². The van der Waals surface area contributed by atoms with Crippen molar-refractivity contribution in [3.63, 3.8) is 0 Å². The zero-order valence-corrected chi connectivity index (χ0v) is 11.1. The Bertz CT molecular complexity index is 147. The van der Waals surface area contributed by atoms with Gasteiger partial charge in [0.2, 0.25) is 0 Å². The minimum Gasteiger partial charge on any atom is -0.481 e. The Balaban J connectivity index is -0.000000177. The van der Waals surface area contributed by atoms with Crippen LogP contribution in [0.3, 0.4) is 0 Å². The van der Waals surface area contributed by atoms with E-state index >= 15 is 0 Å². The molecule has 0 saturated carbocycles. The van der Waals surface area contributed by atoms with Gasteiger partial charge in [0, 0.05) is 13.0 Å². The molecule has 17 heavy (non-hydrogen) atoms. The maximum Gasteiger partial charge on any atom is 0.303 e. The number of aliphatic hydroxyl groups is 3. The third-order valence-electron chi connectivity index (χ3n) is 1.13. The molecule has 0 aliphatic rings. The topological polar surface area (TPSA) is 107 Å². The van der Waals surface area contributed by atoms with Crippen LogP contribution in [-0.2, 0) is 9.53 Å². The van der Waals surface area contributed by atoms with Crippen LogP contribution in [0.25, 0.3) is 0 Å². The molecule has 0 spiro atoms. The number of carboxylic acid groups (broad SMARTS) is 1. The van der Waals surface area contributed by atoms with Crippen molar-refractivity contribution in [1.82, 2.24) is 0 Å². The van der Waals surface area contributed by atoms with E-state index in [2.05, 4.69) is 0 Å². The molecular formula is C11H26O6. The third kappa shape index (κ3) is 50.8. The number of hydrogen-bond donors (Lipinski definition) is 4. The van der Waals surface area contributed by atoms with Crippen LogP contribution in [0.15, 0.2) is 0 Å². The van der Waals surface area contributed by atoms with Crippen molar-refractivity contribution in [3.05, 3.63) is 0 Å². The third-order valence-corrected chi connectivity index (χ3v) is 1.13. The van der Waals surface area contributed by atoms with E-state index < -0.39 is 12.1 Å². The van der Waals surface area contributed by atoms with Crippen LogP contribution < -0.4 is 0 Å². The van der Waals surface area contributed by atoms with Crippen LogP contribution in [0.1, 0.15) is 34.1 Å². The maximum atomic E-state index is 9.37. The molecule has 0 bridgehead atoms. The average molecular weight is 254 g/mol. The second-order valence-electron chi connectivity index (χ2n) is 3.29. The highest BCUT2D eigenvalue weighted by Crippen LogP contribution is 1.79. The lowest BCUT2D eigenvalue weighted by atomic mass is 10.4. The van der Waals surface area contributed by atoms with E-state index in [9.17, 15) is 4.79 Å². The summed E-state index contributed by atoms with van der Waals surface area (Å²) in [6.45, 7) is 7.74. The number of ether oxygens (including phenoxy) is 1. The van der Waals surface area contributed by atoms with Gasteiger partial charge in [-0.1, -0.05) is 6.92 Å². The number of hydrogen-bond acceptors (Lipinski definition) is 5. The maximum absolute atomic E-state index is 9.37. The first kappa shape index (κ1) is 21.6. The van der Waals surface area contributed by atoms with Crippen molar-refractivity contribution in [2.45, 2.75) is 46.3 Å². The largest absolute Gasteiger partial charge is 0.481 e. The molecule has 0 fully saturated rings. The van der Waals surface area contributed by atoms with Crippen molar-refractivity contribution in [1.29, 1.82) is 0 Å². The monoisotopic (exact) mass is 254 g/mol. The quantitative estimate of drug-likeness (QED) is 0.560. The molecule has 0 heterocycles. The minimum atomic E-state index is -0.745. The van der Waals surface area contributed by atoms with Crippen LogP contribution in [0, 0.1) is 0 Å². The second-order valence-corrected chi connectivity index (χ2v) is 3.29. The van der Waals surface area contributed by atoms with Gasteiger partial charge in [-0.05, 0) is 20.8 Å². The highest BCUT2D eigenvalue weighted by molar-refractivity contribution is 5.66. The first-order chi connectivity index (χ1) is 7.81. The van der Waals surface area contributed by atoms with Gasteiger partial charge in [-0.3, -0.25) is 4.79 Å². The standard InChI is InChI=1S/C5H12O2.C3H8O2.C3H6O2/c1-3-7-4-5(2)6;1-3(5)2-4;1-2-3(4)5/h5-6H,3-4H2,1-2H3;3-5H,2H2,1H3;2H2,1H3,(H,4,5). The van der Waals surface area contributed by atoms with Crippen molar-refractivity contribution >= 4 is 5.97 Å². The summed E-state index contributed by atoms with van der Waals surface area (Å²) in [7, 11) is 0. The summed E-state index contributed by atoms with van der Waals surface area (Å²) in [4.78, 5) is 9.37. The Labute approximate surface area is 103 Å². The second kappa shape index (κ2) is 17.7. The van der Waals surface area contributed by atoms with Gasteiger partial charge in [-0.2, -0.15) is 0 Å². The number of aliphatic hydroxyl groups excluding tert-OH is 3. The Hall–Kier alpha value is -0.690. The molecular weight excluding hydrogens is 228 g/mol. The lowest BCUT2D eigenvalue weighted by Gasteiger charge is -2.00. The first-order valence-electron chi connectivity index (χ1n) is 5.58. The summed E-state index contributed by atoms with van der Waals surface area (Å²) in [6, 6.07) is 0. The van der Waals surface area contributed by atoms with Crippen molar-refractivity contribution in [3.8, 4) is 0 Å². The van der Waals surface area contributed by atoms with E-state index in [1.54, 1.807) is 13.8 Å². The van der Waals surface area contributed by atoms with Gasteiger partial charge in [-0.25, -0.2) is 0 Å². The number of aliphatic carboxylic acids is 1. The molecule has 6 heteroatoms. The van der Waals surface area contributed by atoms with Crippen LogP contribution in [-0.4, -0.2) is 58.4 Å². The van der Waals surface area contributed by atoms with Gasteiger partial charge in [0.15, 0.2) is 0 Å². The molecule has 0 aromatic carbocycles. The number of carboxylic acids is 1. The first-order valence-corrected chi connectivity index (χ1v) is 5.58. The summed E-state index contributed by atoms with van der Waals surface area (Å²) in [5, 5.41) is 32.3. The lowest BCUT2D eigenvalue weighted by Crippen LogP contribution is -2.09. The highest BCUT2D eigenvalue weighted by Gasteiger charge is 1.90. The van der Waals surface area contributed by atoms with E-state index in [4.69, 9.17) is 25.2 Å². The molecule has 0 aromatic rings. The van der Waals surface area contributed by atoms with E-state index in [1.807, 2.05) is 6.92 Å². The molecule has 0 aliphatic carbocycles. The SMILES string of the molecule is CC(O)CO.CCC(=O)O.CCOCC(C)O. The number of carbonyl (C=O) groups is 1. The predicted molar refractivity (Wildman–Crippen MR) is 64.9 cm³/mol. The average Bonchev–Trinajstić information content (AvgIpc) is 2.27. The molecule has 0 aromatic heterocycles. The van der Waals surface area contributed by atoms with Crippen LogP contribution in [0.2, 0.25) is 0 Å². The van der Waals surface area contributed by atoms with Crippen LogP contribution in [0.5, 0.6) is 0 Å². The molecule has 0 amide bonds. The van der Waals surface area contributed by atoms with Gasteiger partial charge < -0.3 is 25.2 Å². The molecule has 106 valence electrons. The van der Waals surface area contributed by atoms with Crippen molar-refractivity contribution in [2.75, 3.05) is 19.8 Å². The summed E-state index contributed by atoms with van der Waals surface area (Å²) < 4.78 is 4.84. The van der Waals surface area contributed by atoms with Crippen molar-refractivity contribution in [2.24, 2.45) is 0 Å². The molecule has 0 aliphatic heterocycles. The Morgan fingerprint density at radius 3 is 1.59 bits per heavy atom. The summed E-state index contributed by atoms with van der Waals surface area (Å²) >= 11 is 0. The van der Waals surface area contributed by atoms with E-state index in [0.29, 0.717) is 13.2 Å². The Morgan fingerprint density at radius 2 is 1.53 bits per heavy atom. The van der Waals surface area contributed by atoms with Gasteiger partial charge in [0.25, 0.3) is 0 Å². The summed E-state index contributed by atoms with van der Waals surface area (Å²) in [6.07, 6.45) is -0.657. The fourth-order valence-corrected chi connectivity index (χ4v) is 0.288. The van der Waals surface area contributed by atoms with E-state index in [1.165, 1.54) is 6.92 Å². The number of rotatable bonds is 5. The van der Waals surface area contributed by atoms with Crippen LogP contribution in [0.4, 0.5) is 0 Å². The molecule has 2 atom stereocenters.